The van der Waals surface area contributed by atoms with E-state index in [-0.39, 0.29) is 23.5 Å². The molecule has 5 aromatic rings. The molecule has 0 saturated heterocycles. The minimum atomic E-state index is -0.741. The van der Waals surface area contributed by atoms with E-state index in [1.807, 2.05) is 24.3 Å². The second-order valence-corrected chi connectivity index (χ2v) is 9.37. The van der Waals surface area contributed by atoms with Crippen molar-refractivity contribution < 1.29 is 18.8 Å². The molecule has 39 heavy (non-hydrogen) atoms. The van der Waals surface area contributed by atoms with Gasteiger partial charge in [0.1, 0.15) is 17.2 Å². The molecule has 2 N–H and O–H groups in total. The molecule has 2 aromatic carbocycles. The van der Waals surface area contributed by atoms with Gasteiger partial charge in [0.2, 0.25) is 5.82 Å². The lowest BCUT2D eigenvalue weighted by atomic mass is 10.0. The van der Waals surface area contributed by atoms with Gasteiger partial charge in [0.05, 0.1) is 5.92 Å². The number of rotatable bonds is 8. The largest absolute Gasteiger partial charge is 0.481 e. The summed E-state index contributed by atoms with van der Waals surface area (Å²) in [6.45, 7) is 0.570. The molecule has 3 aromatic heterocycles. The van der Waals surface area contributed by atoms with Gasteiger partial charge in [-0.05, 0) is 42.7 Å². The molecule has 0 amide bonds. The van der Waals surface area contributed by atoms with Crippen molar-refractivity contribution in [3.8, 4) is 39.9 Å². The highest BCUT2D eigenvalue weighted by Crippen LogP contribution is 2.33. The number of benzene rings is 2. The van der Waals surface area contributed by atoms with Crippen LogP contribution in [0.5, 0.6) is 0 Å². The van der Waals surface area contributed by atoms with Gasteiger partial charge in [0.15, 0.2) is 5.69 Å². The molecule has 196 valence electrons. The number of hydrogen-bond donors (Lipinski definition) is 2. The van der Waals surface area contributed by atoms with Crippen molar-refractivity contribution >= 4 is 5.97 Å². The predicted molar refractivity (Wildman–Crippen MR) is 139 cm³/mol. The van der Waals surface area contributed by atoms with Gasteiger partial charge in [-0.25, -0.2) is 9.07 Å². The van der Waals surface area contributed by atoms with Crippen LogP contribution in [-0.4, -0.2) is 47.2 Å². The maximum atomic E-state index is 14.7. The third-order valence-electron chi connectivity index (χ3n) is 6.95. The van der Waals surface area contributed by atoms with Gasteiger partial charge in [0, 0.05) is 36.1 Å². The van der Waals surface area contributed by atoms with E-state index in [1.165, 1.54) is 10.7 Å². The molecule has 11 heteroatoms. The molecule has 3 heterocycles. The van der Waals surface area contributed by atoms with E-state index >= 15 is 0 Å². The molecule has 1 saturated carbocycles. The van der Waals surface area contributed by atoms with E-state index in [2.05, 4.69) is 30.8 Å². The minimum absolute atomic E-state index is 0.0192. The van der Waals surface area contributed by atoms with E-state index in [0.29, 0.717) is 35.7 Å². The number of carbonyl (C=O) groups is 1. The van der Waals surface area contributed by atoms with Crippen molar-refractivity contribution in [3.05, 3.63) is 84.4 Å². The summed E-state index contributed by atoms with van der Waals surface area (Å²) in [5, 5.41) is 25.4. The van der Waals surface area contributed by atoms with Gasteiger partial charge in [-0.1, -0.05) is 53.2 Å². The van der Waals surface area contributed by atoms with Crippen molar-refractivity contribution in [3.63, 3.8) is 0 Å². The van der Waals surface area contributed by atoms with Crippen LogP contribution in [-0.2, 0) is 11.3 Å². The highest BCUT2D eigenvalue weighted by atomic mass is 19.1. The highest BCUT2D eigenvalue weighted by molar-refractivity contribution is 5.76. The van der Waals surface area contributed by atoms with E-state index in [1.54, 1.807) is 42.7 Å². The van der Waals surface area contributed by atoms with Crippen LogP contribution in [0.15, 0.2) is 77.6 Å². The Morgan fingerprint density at radius 3 is 2.62 bits per heavy atom. The van der Waals surface area contributed by atoms with Gasteiger partial charge in [0.25, 0.3) is 5.89 Å². The van der Waals surface area contributed by atoms with Gasteiger partial charge >= 0.3 is 5.97 Å². The summed E-state index contributed by atoms with van der Waals surface area (Å²) in [6.07, 6.45) is 5.75. The molecule has 0 unspecified atom stereocenters. The van der Waals surface area contributed by atoms with Gasteiger partial charge in [-0.15, -0.1) is 5.10 Å². The smallest absolute Gasteiger partial charge is 0.308 e. The Balaban J connectivity index is 1.26. The lowest BCUT2D eigenvalue weighted by Crippen LogP contribution is -2.35. The molecule has 10 nitrogen and oxygen atoms in total. The third-order valence-corrected chi connectivity index (χ3v) is 6.95. The summed E-state index contributed by atoms with van der Waals surface area (Å²) in [5.41, 5.74) is 3.51. The Morgan fingerprint density at radius 1 is 1.05 bits per heavy atom. The number of hydrogen-bond acceptors (Lipinski definition) is 8. The first-order chi connectivity index (χ1) is 19.1. The quantitative estimate of drug-likeness (QED) is 0.300. The fraction of sp³-hybridized carbons (Fsp3) is 0.214. The van der Waals surface area contributed by atoms with Crippen molar-refractivity contribution in [2.24, 2.45) is 5.92 Å². The number of pyridine rings is 1. The molecule has 0 spiro atoms. The Labute approximate surface area is 222 Å². The zero-order chi connectivity index (χ0) is 26.8. The maximum Gasteiger partial charge on any atom is 0.308 e. The average molecular weight is 526 g/mol. The fourth-order valence-corrected chi connectivity index (χ4v) is 4.94. The van der Waals surface area contributed by atoms with Gasteiger partial charge in [-0.3, -0.25) is 9.78 Å². The van der Waals surface area contributed by atoms with Crippen LogP contribution in [0.3, 0.4) is 0 Å². The first-order valence-corrected chi connectivity index (χ1v) is 12.6. The molecule has 0 bridgehead atoms. The predicted octanol–water partition coefficient (Wildman–Crippen LogP) is 4.53. The van der Waals surface area contributed by atoms with E-state index in [4.69, 9.17) is 4.52 Å². The molecular formula is C28H24FN7O3. The fourth-order valence-electron chi connectivity index (χ4n) is 4.94. The van der Waals surface area contributed by atoms with Crippen molar-refractivity contribution in [1.82, 2.24) is 35.4 Å². The van der Waals surface area contributed by atoms with E-state index in [9.17, 15) is 14.3 Å². The van der Waals surface area contributed by atoms with Crippen molar-refractivity contribution in [2.45, 2.75) is 31.8 Å². The van der Waals surface area contributed by atoms with Crippen molar-refractivity contribution in [1.29, 1.82) is 0 Å². The average Bonchev–Trinajstić information content (AvgIpc) is 3.73. The highest BCUT2D eigenvalue weighted by Gasteiger charge is 2.32. The van der Waals surface area contributed by atoms with Crippen LogP contribution in [0.25, 0.3) is 39.9 Å². The molecule has 6 rings (SSSR count). The summed E-state index contributed by atoms with van der Waals surface area (Å²) >= 11 is 0. The van der Waals surface area contributed by atoms with Crippen LogP contribution in [0, 0.1) is 11.7 Å². The van der Waals surface area contributed by atoms with Crippen LogP contribution in [0.1, 0.15) is 24.8 Å². The molecule has 1 fully saturated rings. The minimum Gasteiger partial charge on any atom is -0.481 e. The number of carboxylic acids is 1. The van der Waals surface area contributed by atoms with Crippen LogP contribution >= 0.6 is 0 Å². The Morgan fingerprint density at radius 2 is 1.85 bits per heavy atom. The van der Waals surface area contributed by atoms with E-state index < -0.39 is 11.8 Å². The molecule has 2 atom stereocenters. The monoisotopic (exact) mass is 525 g/mol. The second-order valence-electron chi connectivity index (χ2n) is 9.37. The lowest BCUT2D eigenvalue weighted by Gasteiger charge is -2.17. The maximum absolute atomic E-state index is 14.7. The number of carboxylic acid groups (broad SMARTS) is 1. The number of nitrogens with zero attached hydrogens (tertiary/aromatic N) is 6. The lowest BCUT2D eigenvalue weighted by molar-refractivity contribution is -0.142. The summed E-state index contributed by atoms with van der Waals surface area (Å²) in [4.78, 5) is 20.0. The number of nitrogens with one attached hydrogen (secondary N) is 1. The standard InChI is InChI=1S/C28H24FN7O3/c29-21-5-1-2-7-23(21)36-25(18-12-14-30-15-13-18)24(33-35-36)27-32-26(34-39-27)19-10-8-17(9-11-19)16-31-22-6-3-4-20(22)28(37)38/h1-2,5,7-15,20,22,31H,3-4,6,16H2,(H,37,38)/t20-,22+/m0/s1. The molecule has 0 radical (unpaired) electrons. The summed E-state index contributed by atoms with van der Waals surface area (Å²) < 4.78 is 21.6. The first kappa shape index (κ1) is 24.6. The topological polar surface area (TPSA) is 132 Å². The summed E-state index contributed by atoms with van der Waals surface area (Å²) in [7, 11) is 0. The number of aromatic nitrogens is 6. The number of para-hydroxylation sites is 1. The number of aliphatic carboxylic acids is 1. The van der Waals surface area contributed by atoms with E-state index in [0.717, 1.165) is 24.0 Å². The number of halogens is 1. The van der Waals surface area contributed by atoms with Crippen LogP contribution in [0.4, 0.5) is 4.39 Å². The van der Waals surface area contributed by atoms with Gasteiger partial charge in [-0.2, -0.15) is 4.98 Å². The summed E-state index contributed by atoms with van der Waals surface area (Å²) in [6, 6.07) is 17.5. The Hall–Kier alpha value is -4.77. The third kappa shape index (κ3) is 4.91. The molecule has 1 aliphatic rings. The first-order valence-electron chi connectivity index (χ1n) is 12.6. The molecule has 0 aliphatic heterocycles. The SMILES string of the molecule is O=C(O)[C@H]1CCC[C@H]1NCc1ccc(-c2noc(-c3nnn(-c4ccccc4F)c3-c3ccncc3)n2)cc1. The summed E-state index contributed by atoms with van der Waals surface area (Å²) in [5.74, 6) is -1.01. The second kappa shape index (κ2) is 10.5. The normalized spacial score (nSPS) is 16.9. The Bertz CT molecular complexity index is 1600. The zero-order valence-electron chi connectivity index (χ0n) is 20.7. The van der Waals surface area contributed by atoms with Crippen LogP contribution < -0.4 is 5.32 Å². The van der Waals surface area contributed by atoms with Crippen molar-refractivity contribution in [2.75, 3.05) is 0 Å². The zero-order valence-corrected chi connectivity index (χ0v) is 20.7. The Kier molecular flexibility index (Phi) is 6.64. The van der Waals surface area contributed by atoms with Crippen LogP contribution in [0.2, 0.25) is 0 Å². The molecule has 1 aliphatic carbocycles. The molecular weight excluding hydrogens is 501 g/mol. The van der Waals surface area contributed by atoms with Gasteiger partial charge < -0.3 is 14.9 Å².